The highest BCUT2D eigenvalue weighted by Gasteiger charge is 2.65. The van der Waals surface area contributed by atoms with Crippen molar-refractivity contribution in [1.82, 2.24) is 5.32 Å². The molecule has 0 saturated heterocycles. The number of nitrogens with one attached hydrogen (secondary N) is 1. The molecule has 132 valence electrons. The van der Waals surface area contributed by atoms with Crippen LogP contribution in [-0.4, -0.2) is 42.7 Å². The Balaban J connectivity index is 3.84. The third-order valence-corrected chi connectivity index (χ3v) is 3.99. The predicted octanol–water partition coefficient (Wildman–Crippen LogP) is 0.751. The lowest BCUT2D eigenvalue weighted by molar-refractivity contribution is -0.192. The van der Waals surface area contributed by atoms with Gasteiger partial charge in [0, 0.05) is 6.92 Å². The molecule has 0 heterocycles. The number of hydrogen-bond acceptors (Lipinski definition) is 6. The number of rotatable bonds is 6. The number of benzene rings is 1. The molecule has 2 atom stereocenters. The van der Waals surface area contributed by atoms with Crippen molar-refractivity contribution in [3.05, 3.63) is 35.9 Å². The summed E-state index contributed by atoms with van der Waals surface area (Å²) in [6, 6.07) is 7.82. The molecule has 0 unspecified atom stereocenters. The zero-order valence-corrected chi connectivity index (χ0v) is 14.5. The second-order valence-corrected chi connectivity index (χ2v) is 5.70. The lowest BCUT2D eigenvalue weighted by Gasteiger charge is -2.45. The first-order chi connectivity index (χ1) is 11.2. The number of carbonyl (C=O) groups excluding carboxylic acids is 3. The van der Waals surface area contributed by atoms with Crippen LogP contribution in [0.25, 0.3) is 0 Å². The molecule has 7 nitrogen and oxygen atoms in total. The highest BCUT2D eigenvalue weighted by molar-refractivity contribution is 5.97. The molecule has 0 aliphatic carbocycles. The number of esters is 2. The second kappa shape index (κ2) is 7.44. The van der Waals surface area contributed by atoms with Gasteiger partial charge in [0.25, 0.3) is 0 Å². The van der Waals surface area contributed by atoms with Crippen LogP contribution in [0.3, 0.4) is 0 Å². The standard InChI is InChI=1S/C17H23NO6/c1-11(2)16(14(20)23-4,18-12(3)19)17(22,15(21)24-5)13-9-7-6-8-10-13/h6-11,22H,1-5H3,(H,18,19)/t16-,17-/m0/s1. The highest BCUT2D eigenvalue weighted by Crippen LogP contribution is 2.40. The maximum Gasteiger partial charge on any atom is 0.345 e. The average Bonchev–Trinajstić information content (AvgIpc) is 2.57. The number of amides is 1. The molecule has 0 saturated carbocycles. The van der Waals surface area contributed by atoms with Gasteiger partial charge in [-0.2, -0.15) is 0 Å². The van der Waals surface area contributed by atoms with E-state index in [-0.39, 0.29) is 5.56 Å². The van der Waals surface area contributed by atoms with Crippen LogP contribution >= 0.6 is 0 Å². The van der Waals surface area contributed by atoms with Crippen molar-refractivity contribution in [2.45, 2.75) is 31.9 Å². The summed E-state index contributed by atoms with van der Waals surface area (Å²) in [6.07, 6.45) is 0. The molecular weight excluding hydrogens is 314 g/mol. The topological polar surface area (TPSA) is 102 Å². The summed E-state index contributed by atoms with van der Waals surface area (Å²) < 4.78 is 9.57. The van der Waals surface area contributed by atoms with Gasteiger partial charge in [-0.15, -0.1) is 0 Å². The summed E-state index contributed by atoms with van der Waals surface area (Å²) in [7, 11) is 2.20. The molecule has 1 amide bonds. The quantitative estimate of drug-likeness (QED) is 0.743. The highest BCUT2D eigenvalue weighted by atomic mass is 16.5. The Bertz CT molecular complexity index is 615. The maximum atomic E-state index is 12.6. The van der Waals surface area contributed by atoms with E-state index in [0.717, 1.165) is 14.2 Å². The van der Waals surface area contributed by atoms with Gasteiger partial charge in [0.05, 0.1) is 14.2 Å². The van der Waals surface area contributed by atoms with Gasteiger partial charge in [-0.25, -0.2) is 9.59 Å². The third-order valence-electron chi connectivity index (χ3n) is 3.99. The molecule has 0 spiro atoms. The third kappa shape index (κ3) is 2.99. The summed E-state index contributed by atoms with van der Waals surface area (Å²) in [5.74, 6) is -3.34. The van der Waals surface area contributed by atoms with Gasteiger partial charge in [0.1, 0.15) is 0 Å². The number of hydrogen-bond donors (Lipinski definition) is 2. The number of ether oxygens (including phenoxy) is 2. The first kappa shape index (κ1) is 19.6. The van der Waals surface area contributed by atoms with Crippen molar-refractivity contribution >= 4 is 17.8 Å². The Morgan fingerprint density at radius 3 is 1.92 bits per heavy atom. The molecule has 0 bridgehead atoms. The van der Waals surface area contributed by atoms with Gasteiger partial charge in [0.15, 0.2) is 5.54 Å². The van der Waals surface area contributed by atoms with Crippen LogP contribution in [0.2, 0.25) is 0 Å². The summed E-state index contributed by atoms with van der Waals surface area (Å²) in [5, 5.41) is 13.8. The minimum atomic E-state index is -2.48. The summed E-state index contributed by atoms with van der Waals surface area (Å²) >= 11 is 0. The van der Waals surface area contributed by atoms with Crippen molar-refractivity contribution in [3.63, 3.8) is 0 Å². The zero-order chi connectivity index (χ0) is 18.5. The Morgan fingerprint density at radius 1 is 1.04 bits per heavy atom. The monoisotopic (exact) mass is 337 g/mol. The minimum Gasteiger partial charge on any atom is -0.467 e. The fraction of sp³-hybridized carbons (Fsp3) is 0.471. The van der Waals surface area contributed by atoms with Gasteiger partial charge in [-0.05, 0) is 11.5 Å². The number of methoxy groups -OCH3 is 2. The summed E-state index contributed by atoms with van der Waals surface area (Å²) in [4.78, 5) is 37.0. The van der Waals surface area contributed by atoms with Crippen molar-refractivity contribution in [1.29, 1.82) is 0 Å². The molecule has 24 heavy (non-hydrogen) atoms. The lowest BCUT2D eigenvalue weighted by Crippen LogP contribution is -2.72. The van der Waals surface area contributed by atoms with Gasteiger partial charge >= 0.3 is 11.9 Å². The number of aliphatic hydroxyl groups is 1. The van der Waals surface area contributed by atoms with Gasteiger partial charge in [0.2, 0.25) is 11.5 Å². The first-order valence-corrected chi connectivity index (χ1v) is 7.41. The molecule has 0 aliphatic heterocycles. The molecule has 2 N–H and O–H groups in total. The second-order valence-electron chi connectivity index (χ2n) is 5.70. The van der Waals surface area contributed by atoms with E-state index in [9.17, 15) is 19.5 Å². The smallest absolute Gasteiger partial charge is 0.345 e. The Morgan fingerprint density at radius 2 is 1.54 bits per heavy atom. The van der Waals surface area contributed by atoms with Crippen LogP contribution < -0.4 is 5.32 Å². The lowest BCUT2D eigenvalue weighted by atomic mass is 9.68. The molecule has 0 radical (unpaired) electrons. The van der Waals surface area contributed by atoms with Gasteiger partial charge < -0.3 is 19.9 Å². The van der Waals surface area contributed by atoms with Crippen LogP contribution in [0.1, 0.15) is 26.3 Å². The van der Waals surface area contributed by atoms with E-state index in [1.165, 1.54) is 19.1 Å². The van der Waals surface area contributed by atoms with E-state index >= 15 is 0 Å². The normalized spacial score (nSPS) is 15.8. The van der Waals surface area contributed by atoms with Crippen molar-refractivity contribution in [3.8, 4) is 0 Å². The molecule has 1 aromatic rings. The van der Waals surface area contributed by atoms with E-state index in [1.807, 2.05) is 0 Å². The Hall–Kier alpha value is -2.41. The van der Waals surface area contributed by atoms with Crippen molar-refractivity contribution in [2.24, 2.45) is 5.92 Å². The molecule has 0 aliphatic rings. The van der Waals surface area contributed by atoms with Crippen LogP contribution in [0.4, 0.5) is 0 Å². The molecule has 0 aromatic heterocycles. The fourth-order valence-electron chi connectivity index (χ4n) is 2.86. The van der Waals surface area contributed by atoms with Crippen molar-refractivity contribution < 1.29 is 29.0 Å². The van der Waals surface area contributed by atoms with E-state index in [0.29, 0.717) is 0 Å². The molecule has 7 heteroatoms. The first-order valence-electron chi connectivity index (χ1n) is 7.41. The van der Waals surface area contributed by atoms with E-state index in [2.05, 4.69) is 5.32 Å². The minimum absolute atomic E-state index is 0.102. The van der Waals surface area contributed by atoms with E-state index in [1.54, 1.807) is 32.0 Å². The van der Waals surface area contributed by atoms with Crippen LogP contribution in [0.5, 0.6) is 0 Å². The van der Waals surface area contributed by atoms with Gasteiger partial charge in [-0.3, -0.25) is 4.79 Å². The van der Waals surface area contributed by atoms with Crippen LogP contribution in [-0.2, 0) is 29.5 Å². The average molecular weight is 337 g/mol. The molecule has 1 aromatic carbocycles. The van der Waals surface area contributed by atoms with Crippen LogP contribution in [0.15, 0.2) is 30.3 Å². The van der Waals surface area contributed by atoms with Crippen molar-refractivity contribution in [2.75, 3.05) is 14.2 Å². The summed E-state index contributed by atoms with van der Waals surface area (Å²) in [5.41, 5.74) is -4.44. The maximum absolute atomic E-state index is 12.6. The SMILES string of the molecule is COC(=O)[C@@](O)(c1ccccc1)[C@@](NC(C)=O)(C(=O)OC)C(C)C. The predicted molar refractivity (Wildman–Crippen MR) is 85.8 cm³/mol. The number of carbonyl (C=O) groups is 3. The van der Waals surface area contributed by atoms with E-state index < -0.39 is 34.9 Å². The molecule has 1 rings (SSSR count). The zero-order valence-electron chi connectivity index (χ0n) is 14.5. The van der Waals surface area contributed by atoms with E-state index in [4.69, 9.17) is 9.47 Å². The Kier molecular flexibility index (Phi) is 6.09. The molecule has 0 fully saturated rings. The largest absolute Gasteiger partial charge is 0.467 e. The molecular formula is C17H23NO6. The fourth-order valence-corrected chi connectivity index (χ4v) is 2.86. The Labute approximate surface area is 141 Å². The van der Waals surface area contributed by atoms with Gasteiger partial charge in [-0.1, -0.05) is 44.2 Å². The van der Waals surface area contributed by atoms with Crippen LogP contribution in [0, 0.1) is 5.92 Å². The summed E-state index contributed by atoms with van der Waals surface area (Å²) in [6.45, 7) is 4.36.